The van der Waals surface area contributed by atoms with Crippen LogP contribution in [0.1, 0.15) is 15.9 Å². The van der Waals surface area contributed by atoms with E-state index in [9.17, 15) is 15.0 Å². The lowest BCUT2D eigenvalue weighted by molar-refractivity contribution is 0.104. The number of phenols is 2. The van der Waals surface area contributed by atoms with Crippen LogP contribution in [0.3, 0.4) is 0 Å². The Labute approximate surface area is 107 Å². The van der Waals surface area contributed by atoms with Gasteiger partial charge in [0.2, 0.25) is 0 Å². The first-order chi connectivity index (χ1) is 9.16. The van der Waals surface area contributed by atoms with Crippen molar-refractivity contribution >= 4 is 16.8 Å². The molecule has 0 spiro atoms. The van der Waals surface area contributed by atoms with E-state index in [1.165, 1.54) is 12.1 Å². The van der Waals surface area contributed by atoms with E-state index < -0.39 is 0 Å². The molecular formula is C15H8O4. The number of aromatic hydroxyl groups is 2. The molecule has 0 unspecified atom stereocenters. The average Bonchev–Trinajstić information content (AvgIpc) is 2.89. The number of hydrogen-bond acceptors (Lipinski definition) is 4. The van der Waals surface area contributed by atoms with E-state index in [0.717, 1.165) is 5.56 Å². The van der Waals surface area contributed by atoms with Gasteiger partial charge in [-0.1, -0.05) is 24.3 Å². The molecule has 92 valence electrons. The standard InChI is InChI=1S/C15H8O4/c16-10-5-9-12(6-11(10)17)19-15-8-4-2-1-3-7(8)14(18)13(9)15/h1-6,16-17H. The molecule has 0 saturated carbocycles. The first kappa shape index (κ1) is 10.2. The predicted molar refractivity (Wildman–Crippen MR) is 68.4 cm³/mol. The number of fused-ring (bicyclic) bond motifs is 5. The van der Waals surface area contributed by atoms with Crippen LogP contribution in [0.4, 0.5) is 0 Å². The molecule has 0 fully saturated rings. The minimum absolute atomic E-state index is 0.116. The Morgan fingerprint density at radius 3 is 2.42 bits per heavy atom. The first-order valence-corrected chi connectivity index (χ1v) is 5.79. The van der Waals surface area contributed by atoms with Crippen molar-refractivity contribution in [3.05, 3.63) is 47.5 Å². The summed E-state index contributed by atoms with van der Waals surface area (Å²) in [5.74, 6) is -0.143. The maximum Gasteiger partial charge on any atom is 0.198 e. The second-order valence-corrected chi connectivity index (χ2v) is 4.52. The van der Waals surface area contributed by atoms with Crippen LogP contribution in [0.5, 0.6) is 11.5 Å². The van der Waals surface area contributed by atoms with Crippen molar-refractivity contribution in [2.45, 2.75) is 0 Å². The van der Waals surface area contributed by atoms with Gasteiger partial charge in [0.05, 0.1) is 5.56 Å². The van der Waals surface area contributed by atoms with Crippen molar-refractivity contribution in [3.8, 4) is 22.8 Å². The van der Waals surface area contributed by atoms with E-state index in [1.54, 1.807) is 12.1 Å². The van der Waals surface area contributed by atoms with Crippen molar-refractivity contribution in [2.24, 2.45) is 0 Å². The molecule has 0 aliphatic heterocycles. The zero-order valence-electron chi connectivity index (χ0n) is 9.68. The Morgan fingerprint density at radius 1 is 0.947 bits per heavy atom. The highest BCUT2D eigenvalue weighted by Crippen LogP contribution is 2.44. The van der Waals surface area contributed by atoms with E-state index in [1.807, 2.05) is 12.1 Å². The Balaban J connectivity index is 2.15. The number of hydrogen-bond donors (Lipinski definition) is 2. The van der Waals surface area contributed by atoms with E-state index in [-0.39, 0.29) is 17.3 Å². The van der Waals surface area contributed by atoms with Crippen molar-refractivity contribution in [1.82, 2.24) is 0 Å². The highest BCUT2D eigenvalue weighted by atomic mass is 16.3. The van der Waals surface area contributed by atoms with Gasteiger partial charge < -0.3 is 14.6 Å². The highest BCUT2D eigenvalue weighted by molar-refractivity contribution is 6.26. The normalized spacial score (nSPS) is 12.7. The lowest BCUT2D eigenvalue weighted by Gasteiger charge is -1.99. The molecule has 4 rings (SSSR count). The quantitative estimate of drug-likeness (QED) is 0.472. The monoisotopic (exact) mass is 252 g/mol. The summed E-state index contributed by atoms with van der Waals surface area (Å²) in [6.07, 6.45) is 0. The lowest BCUT2D eigenvalue weighted by Crippen LogP contribution is -1.94. The van der Waals surface area contributed by atoms with Crippen LogP contribution in [-0.2, 0) is 0 Å². The van der Waals surface area contributed by atoms with Gasteiger partial charge in [-0.3, -0.25) is 4.79 Å². The highest BCUT2D eigenvalue weighted by Gasteiger charge is 2.32. The molecule has 1 heterocycles. The Hall–Kier alpha value is -2.75. The van der Waals surface area contributed by atoms with Gasteiger partial charge in [0.15, 0.2) is 17.3 Å². The molecular weight excluding hydrogens is 244 g/mol. The SMILES string of the molecule is O=C1c2ccccc2-c2oc3cc(O)c(O)cc3c21. The van der Waals surface area contributed by atoms with Gasteiger partial charge in [-0.15, -0.1) is 0 Å². The summed E-state index contributed by atoms with van der Waals surface area (Å²) in [7, 11) is 0. The first-order valence-electron chi connectivity index (χ1n) is 5.79. The average molecular weight is 252 g/mol. The number of phenolic OH excluding ortho intramolecular Hbond substituents is 2. The largest absolute Gasteiger partial charge is 0.504 e. The molecule has 1 aliphatic rings. The Morgan fingerprint density at radius 2 is 1.63 bits per heavy atom. The maximum atomic E-state index is 12.4. The molecule has 1 aromatic heterocycles. The van der Waals surface area contributed by atoms with E-state index >= 15 is 0 Å². The molecule has 0 amide bonds. The maximum absolute atomic E-state index is 12.4. The summed E-state index contributed by atoms with van der Waals surface area (Å²) in [6, 6.07) is 9.88. The van der Waals surface area contributed by atoms with Crippen LogP contribution in [0.2, 0.25) is 0 Å². The van der Waals surface area contributed by atoms with E-state index in [0.29, 0.717) is 27.9 Å². The number of rotatable bonds is 0. The molecule has 0 radical (unpaired) electrons. The fourth-order valence-corrected chi connectivity index (χ4v) is 2.55. The van der Waals surface area contributed by atoms with Crippen molar-refractivity contribution in [2.75, 3.05) is 0 Å². The number of furan rings is 1. The van der Waals surface area contributed by atoms with Crippen LogP contribution < -0.4 is 0 Å². The minimum atomic E-state index is -0.264. The van der Waals surface area contributed by atoms with Gasteiger partial charge in [0.25, 0.3) is 0 Å². The third-order valence-electron chi connectivity index (χ3n) is 3.43. The van der Waals surface area contributed by atoms with Crippen LogP contribution in [0.15, 0.2) is 40.8 Å². The third kappa shape index (κ3) is 1.15. The Kier molecular flexibility index (Phi) is 1.70. The molecule has 0 bridgehead atoms. The number of benzene rings is 2. The second-order valence-electron chi connectivity index (χ2n) is 4.52. The summed E-state index contributed by atoms with van der Waals surface area (Å²) < 4.78 is 5.65. The van der Waals surface area contributed by atoms with Crippen molar-refractivity contribution < 1.29 is 19.4 Å². The molecule has 2 aromatic carbocycles. The van der Waals surface area contributed by atoms with E-state index in [4.69, 9.17) is 4.42 Å². The molecule has 4 heteroatoms. The van der Waals surface area contributed by atoms with Crippen molar-refractivity contribution in [3.63, 3.8) is 0 Å². The fraction of sp³-hybridized carbons (Fsp3) is 0. The number of ketones is 1. The lowest BCUT2D eigenvalue weighted by atomic mass is 10.1. The summed E-state index contributed by atoms with van der Waals surface area (Å²) >= 11 is 0. The van der Waals surface area contributed by atoms with Crippen molar-refractivity contribution in [1.29, 1.82) is 0 Å². The smallest absolute Gasteiger partial charge is 0.198 e. The number of carbonyl (C=O) groups is 1. The Bertz CT molecular complexity index is 858. The zero-order chi connectivity index (χ0) is 13.1. The van der Waals surface area contributed by atoms with Crippen LogP contribution in [-0.4, -0.2) is 16.0 Å². The molecule has 19 heavy (non-hydrogen) atoms. The summed E-state index contributed by atoms with van der Waals surface area (Å²) in [6.45, 7) is 0. The molecule has 3 aromatic rings. The van der Waals surface area contributed by atoms with Gasteiger partial charge in [0, 0.05) is 22.6 Å². The van der Waals surface area contributed by atoms with E-state index in [2.05, 4.69) is 0 Å². The second kappa shape index (κ2) is 3.17. The van der Waals surface area contributed by atoms with Gasteiger partial charge in [-0.05, 0) is 6.07 Å². The van der Waals surface area contributed by atoms with Gasteiger partial charge in [-0.25, -0.2) is 0 Å². The molecule has 1 aliphatic carbocycles. The summed E-state index contributed by atoms with van der Waals surface area (Å²) in [5.41, 5.74) is 2.19. The predicted octanol–water partition coefficient (Wildman–Crippen LogP) is 3.06. The van der Waals surface area contributed by atoms with Gasteiger partial charge in [-0.2, -0.15) is 0 Å². The zero-order valence-corrected chi connectivity index (χ0v) is 9.68. The van der Waals surface area contributed by atoms with Crippen LogP contribution in [0, 0.1) is 0 Å². The number of carbonyl (C=O) groups excluding carboxylic acids is 1. The molecule has 0 saturated heterocycles. The minimum Gasteiger partial charge on any atom is -0.504 e. The van der Waals surface area contributed by atoms with Crippen LogP contribution in [0.25, 0.3) is 22.3 Å². The molecule has 2 N–H and O–H groups in total. The van der Waals surface area contributed by atoms with Crippen LogP contribution >= 0.6 is 0 Å². The fourth-order valence-electron chi connectivity index (χ4n) is 2.55. The third-order valence-corrected chi connectivity index (χ3v) is 3.43. The summed E-state index contributed by atoms with van der Waals surface area (Å²) in [4.78, 5) is 12.4. The van der Waals surface area contributed by atoms with Gasteiger partial charge in [0.1, 0.15) is 11.3 Å². The molecule has 0 atom stereocenters. The van der Waals surface area contributed by atoms with Gasteiger partial charge >= 0.3 is 0 Å². The topological polar surface area (TPSA) is 70.7 Å². The molecule has 4 nitrogen and oxygen atoms in total. The summed E-state index contributed by atoms with van der Waals surface area (Å²) in [5, 5.41) is 19.6.